The fourth-order valence-corrected chi connectivity index (χ4v) is 2.46. The highest BCUT2D eigenvalue weighted by atomic mass is 16.3. The highest BCUT2D eigenvalue weighted by Crippen LogP contribution is 2.27. The summed E-state index contributed by atoms with van der Waals surface area (Å²) in [6, 6.07) is 6.76. The van der Waals surface area contributed by atoms with Crippen molar-refractivity contribution in [3.8, 4) is 0 Å². The molecule has 0 spiro atoms. The first kappa shape index (κ1) is 14.0. The van der Waals surface area contributed by atoms with Crippen LogP contribution < -0.4 is 5.32 Å². The molecule has 0 saturated heterocycles. The molecule has 1 heterocycles. The molecule has 0 aliphatic carbocycles. The van der Waals surface area contributed by atoms with Gasteiger partial charge in [-0.1, -0.05) is 6.07 Å². The van der Waals surface area contributed by atoms with Crippen molar-refractivity contribution in [3.63, 3.8) is 0 Å². The fourth-order valence-electron chi connectivity index (χ4n) is 2.46. The number of nitrogens with one attached hydrogen (secondary N) is 1. The molecule has 4 nitrogen and oxygen atoms in total. The summed E-state index contributed by atoms with van der Waals surface area (Å²) < 4.78 is 5.62. The molecule has 19 heavy (non-hydrogen) atoms. The Balaban J connectivity index is 2.22. The van der Waals surface area contributed by atoms with Crippen molar-refractivity contribution in [2.24, 2.45) is 0 Å². The Morgan fingerprint density at radius 3 is 2.84 bits per heavy atom. The van der Waals surface area contributed by atoms with E-state index in [4.69, 9.17) is 4.42 Å². The van der Waals surface area contributed by atoms with Crippen molar-refractivity contribution in [2.75, 3.05) is 27.7 Å². The highest BCUT2D eigenvalue weighted by Gasteiger charge is 2.15. The molecular weight excluding hydrogens is 238 g/mol. The minimum absolute atomic E-state index is 0.420. The van der Waals surface area contributed by atoms with Crippen LogP contribution in [-0.4, -0.2) is 37.6 Å². The van der Waals surface area contributed by atoms with Crippen LogP contribution in [0.5, 0.6) is 0 Å². The lowest BCUT2D eigenvalue weighted by Crippen LogP contribution is -2.21. The maximum absolute atomic E-state index is 5.62. The molecule has 0 aliphatic rings. The minimum atomic E-state index is 0.420. The van der Waals surface area contributed by atoms with E-state index in [1.54, 1.807) is 0 Å². The third-order valence-electron chi connectivity index (χ3n) is 3.43. The van der Waals surface area contributed by atoms with Gasteiger partial charge in [-0.15, -0.1) is 0 Å². The highest BCUT2D eigenvalue weighted by molar-refractivity contribution is 5.73. The van der Waals surface area contributed by atoms with Crippen molar-refractivity contribution in [2.45, 2.75) is 25.8 Å². The van der Waals surface area contributed by atoms with E-state index in [9.17, 15) is 0 Å². The molecule has 0 aliphatic heterocycles. The lowest BCUT2D eigenvalue weighted by molar-refractivity contribution is 0.279. The predicted molar refractivity (Wildman–Crippen MR) is 78.3 cm³/mol. The summed E-state index contributed by atoms with van der Waals surface area (Å²) in [5.74, 6) is 0.726. The van der Waals surface area contributed by atoms with Gasteiger partial charge in [0.2, 0.25) is 0 Å². The normalized spacial score (nSPS) is 13.3. The number of benzene rings is 1. The SMILES string of the molecule is CNCCCC(c1ccc2nc(C)oc2c1)N(C)C. The van der Waals surface area contributed by atoms with Crippen LogP contribution >= 0.6 is 0 Å². The van der Waals surface area contributed by atoms with E-state index in [0.717, 1.165) is 36.4 Å². The summed E-state index contributed by atoms with van der Waals surface area (Å²) in [4.78, 5) is 6.61. The lowest BCUT2D eigenvalue weighted by Gasteiger charge is -2.24. The molecule has 4 heteroatoms. The third kappa shape index (κ3) is 3.33. The van der Waals surface area contributed by atoms with E-state index in [1.807, 2.05) is 14.0 Å². The maximum atomic E-state index is 5.62. The summed E-state index contributed by atoms with van der Waals surface area (Å²) in [6.45, 7) is 2.93. The van der Waals surface area contributed by atoms with E-state index in [0.29, 0.717) is 6.04 Å². The van der Waals surface area contributed by atoms with Crippen molar-refractivity contribution in [1.82, 2.24) is 15.2 Å². The van der Waals surface area contributed by atoms with Crippen molar-refractivity contribution in [1.29, 1.82) is 0 Å². The van der Waals surface area contributed by atoms with Crippen molar-refractivity contribution >= 4 is 11.1 Å². The molecule has 1 aromatic heterocycles. The summed E-state index contributed by atoms with van der Waals surface area (Å²) >= 11 is 0. The van der Waals surface area contributed by atoms with Crippen molar-refractivity contribution < 1.29 is 4.42 Å². The number of aromatic nitrogens is 1. The van der Waals surface area contributed by atoms with Gasteiger partial charge in [0.15, 0.2) is 11.5 Å². The average Bonchev–Trinajstić information content (AvgIpc) is 2.73. The average molecular weight is 261 g/mol. The number of hydrogen-bond acceptors (Lipinski definition) is 4. The van der Waals surface area contributed by atoms with E-state index >= 15 is 0 Å². The zero-order chi connectivity index (χ0) is 13.8. The summed E-state index contributed by atoms with van der Waals surface area (Å²) in [5.41, 5.74) is 3.12. The van der Waals surface area contributed by atoms with Crippen LogP contribution in [0.1, 0.15) is 30.3 Å². The molecule has 0 bridgehead atoms. The molecule has 0 amide bonds. The first-order valence-corrected chi connectivity index (χ1v) is 6.80. The van der Waals surface area contributed by atoms with E-state index in [1.165, 1.54) is 5.56 Å². The molecule has 1 N–H and O–H groups in total. The Hall–Kier alpha value is -1.39. The third-order valence-corrected chi connectivity index (χ3v) is 3.43. The van der Waals surface area contributed by atoms with Crippen LogP contribution in [-0.2, 0) is 0 Å². The Kier molecular flexibility index (Phi) is 4.56. The number of nitrogens with zero attached hydrogens (tertiary/aromatic N) is 2. The number of aryl methyl sites for hydroxylation is 1. The Bertz CT molecular complexity index is 533. The second kappa shape index (κ2) is 6.17. The van der Waals surface area contributed by atoms with Crippen LogP contribution in [0.3, 0.4) is 0 Å². The second-order valence-electron chi connectivity index (χ2n) is 5.19. The van der Waals surface area contributed by atoms with E-state index in [-0.39, 0.29) is 0 Å². The number of oxazole rings is 1. The van der Waals surface area contributed by atoms with Crippen LogP contribution in [0.15, 0.2) is 22.6 Å². The van der Waals surface area contributed by atoms with Gasteiger partial charge in [0, 0.05) is 13.0 Å². The summed E-state index contributed by atoms with van der Waals surface area (Å²) in [6.07, 6.45) is 2.29. The zero-order valence-electron chi connectivity index (χ0n) is 12.2. The molecule has 2 rings (SSSR count). The van der Waals surface area contributed by atoms with Gasteiger partial charge in [0.1, 0.15) is 5.52 Å². The van der Waals surface area contributed by atoms with Crippen LogP contribution in [0.4, 0.5) is 0 Å². The second-order valence-corrected chi connectivity index (χ2v) is 5.19. The quantitative estimate of drug-likeness (QED) is 0.812. The van der Waals surface area contributed by atoms with Gasteiger partial charge < -0.3 is 14.6 Å². The number of fused-ring (bicyclic) bond motifs is 1. The number of rotatable bonds is 6. The number of hydrogen-bond donors (Lipinski definition) is 1. The summed E-state index contributed by atoms with van der Waals surface area (Å²) in [7, 11) is 6.24. The minimum Gasteiger partial charge on any atom is -0.441 e. The molecule has 1 unspecified atom stereocenters. The molecule has 104 valence electrons. The molecule has 0 fully saturated rings. The zero-order valence-corrected chi connectivity index (χ0v) is 12.2. The molecular formula is C15H23N3O. The summed E-state index contributed by atoms with van der Waals surface area (Å²) in [5, 5.41) is 3.20. The molecule has 0 saturated carbocycles. The van der Waals surface area contributed by atoms with Gasteiger partial charge in [0.25, 0.3) is 0 Å². The predicted octanol–water partition coefficient (Wildman–Crippen LogP) is 2.74. The van der Waals surface area contributed by atoms with Crippen LogP contribution in [0, 0.1) is 6.92 Å². The topological polar surface area (TPSA) is 41.3 Å². The smallest absolute Gasteiger partial charge is 0.192 e. The molecule has 2 aromatic rings. The van der Waals surface area contributed by atoms with Gasteiger partial charge in [-0.25, -0.2) is 4.98 Å². The monoisotopic (exact) mass is 261 g/mol. The Labute approximate surface area is 114 Å². The van der Waals surface area contributed by atoms with Gasteiger partial charge in [-0.2, -0.15) is 0 Å². The molecule has 0 radical (unpaired) electrons. The first-order chi connectivity index (χ1) is 9.11. The largest absolute Gasteiger partial charge is 0.441 e. The standard InChI is InChI=1S/C15H23N3O/c1-11-17-13-8-7-12(10-15(13)19-11)14(18(3)4)6-5-9-16-2/h7-8,10,14,16H,5-6,9H2,1-4H3. The van der Waals surface area contributed by atoms with Gasteiger partial charge in [-0.05, 0) is 58.2 Å². The van der Waals surface area contributed by atoms with Gasteiger partial charge in [0.05, 0.1) is 0 Å². The van der Waals surface area contributed by atoms with E-state index in [2.05, 4.69) is 47.5 Å². The fraction of sp³-hybridized carbons (Fsp3) is 0.533. The lowest BCUT2D eigenvalue weighted by atomic mass is 10.0. The molecule has 1 atom stereocenters. The van der Waals surface area contributed by atoms with Gasteiger partial charge in [-0.3, -0.25) is 0 Å². The van der Waals surface area contributed by atoms with Gasteiger partial charge >= 0.3 is 0 Å². The molecule has 1 aromatic carbocycles. The maximum Gasteiger partial charge on any atom is 0.192 e. The van der Waals surface area contributed by atoms with E-state index < -0.39 is 0 Å². The Morgan fingerprint density at radius 2 is 2.16 bits per heavy atom. The van der Waals surface area contributed by atoms with Crippen molar-refractivity contribution in [3.05, 3.63) is 29.7 Å². The first-order valence-electron chi connectivity index (χ1n) is 6.80. The van der Waals surface area contributed by atoms with Crippen LogP contribution in [0.2, 0.25) is 0 Å². The van der Waals surface area contributed by atoms with Crippen LogP contribution in [0.25, 0.3) is 11.1 Å². The Morgan fingerprint density at radius 1 is 1.37 bits per heavy atom.